The number of benzene rings is 3. The second kappa shape index (κ2) is 11.4. The first-order chi connectivity index (χ1) is 17.5. The Hall–Kier alpha value is -4.35. The Morgan fingerprint density at radius 2 is 1.64 bits per heavy atom. The number of carbonyl (C=O) groups is 3. The molecule has 0 unspecified atom stereocenters. The predicted molar refractivity (Wildman–Crippen MR) is 139 cm³/mol. The van der Waals surface area contributed by atoms with Gasteiger partial charge in [-0.3, -0.25) is 14.5 Å². The maximum absolute atomic E-state index is 13.5. The number of carbonyl (C=O) groups excluding carboxylic acids is 3. The Morgan fingerprint density at radius 3 is 2.25 bits per heavy atom. The molecule has 0 saturated carbocycles. The molecule has 1 aliphatic rings. The van der Waals surface area contributed by atoms with Crippen molar-refractivity contribution in [1.82, 2.24) is 0 Å². The van der Waals surface area contributed by atoms with Crippen LogP contribution in [0, 0.1) is 11.3 Å². The molecule has 1 atom stereocenters. The maximum atomic E-state index is 13.5. The minimum atomic E-state index is -0.641. The highest BCUT2D eigenvalue weighted by atomic mass is 32.2. The number of nitrogens with zero attached hydrogens (tertiary/aromatic N) is 2. The second-order valence-electron chi connectivity index (χ2n) is 7.85. The van der Waals surface area contributed by atoms with Crippen LogP contribution in [-0.2, 0) is 20.7 Å². The van der Waals surface area contributed by atoms with Crippen molar-refractivity contribution in [3.8, 4) is 6.07 Å². The number of ether oxygens (including phenoxy) is 1. The van der Waals surface area contributed by atoms with Gasteiger partial charge in [0.2, 0.25) is 5.91 Å². The summed E-state index contributed by atoms with van der Waals surface area (Å²) in [6.45, 7) is 1.98. The lowest BCUT2D eigenvalue weighted by Crippen LogP contribution is -2.30. The highest BCUT2D eigenvalue weighted by Gasteiger charge is 2.40. The summed E-state index contributed by atoms with van der Waals surface area (Å²) in [4.78, 5) is 39.9. The van der Waals surface area contributed by atoms with Crippen molar-refractivity contribution < 1.29 is 19.1 Å². The van der Waals surface area contributed by atoms with E-state index in [0.717, 1.165) is 5.56 Å². The molecule has 1 N–H and O–H groups in total. The zero-order chi connectivity index (χ0) is 25.5. The zero-order valence-corrected chi connectivity index (χ0v) is 20.3. The van der Waals surface area contributed by atoms with Crippen molar-refractivity contribution in [2.75, 3.05) is 16.8 Å². The van der Waals surface area contributed by atoms with Gasteiger partial charge in [-0.1, -0.05) is 60.3 Å². The predicted octanol–water partition coefficient (Wildman–Crippen LogP) is 4.93. The second-order valence-corrected chi connectivity index (χ2v) is 9.04. The van der Waals surface area contributed by atoms with Crippen LogP contribution in [0.5, 0.6) is 0 Å². The normalized spacial score (nSPS) is 16.3. The number of thioether (sulfide) groups is 1. The van der Waals surface area contributed by atoms with Gasteiger partial charge in [0.25, 0.3) is 5.91 Å². The van der Waals surface area contributed by atoms with Crippen LogP contribution in [0.15, 0.2) is 95.5 Å². The Bertz CT molecular complexity index is 1330. The van der Waals surface area contributed by atoms with Crippen molar-refractivity contribution in [2.24, 2.45) is 0 Å². The summed E-state index contributed by atoms with van der Waals surface area (Å²) >= 11 is 1.21. The van der Waals surface area contributed by atoms with Gasteiger partial charge in [0.1, 0.15) is 16.7 Å². The Labute approximate surface area is 213 Å². The molecular weight excluding hydrogens is 474 g/mol. The highest BCUT2D eigenvalue weighted by molar-refractivity contribution is 8.05. The minimum absolute atomic E-state index is 0.165. The first kappa shape index (κ1) is 24.8. The summed E-state index contributed by atoms with van der Waals surface area (Å²) in [5.74, 6) is -1.29. The fourth-order valence-electron chi connectivity index (χ4n) is 3.72. The van der Waals surface area contributed by atoms with E-state index >= 15 is 0 Å². The third kappa shape index (κ3) is 5.48. The Kier molecular flexibility index (Phi) is 7.83. The number of anilines is 2. The van der Waals surface area contributed by atoms with Gasteiger partial charge in [-0.15, -0.1) is 0 Å². The van der Waals surface area contributed by atoms with Gasteiger partial charge in [-0.05, 0) is 55.3 Å². The topological polar surface area (TPSA) is 99.5 Å². The first-order valence-electron chi connectivity index (χ1n) is 11.3. The molecule has 0 bridgehead atoms. The fourth-order valence-corrected chi connectivity index (χ4v) is 5.03. The van der Waals surface area contributed by atoms with Crippen molar-refractivity contribution in [2.45, 2.75) is 18.6 Å². The quantitative estimate of drug-likeness (QED) is 0.282. The Morgan fingerprint density at radius 1 is 1.00 bits per heavy atom. The van der Waals surface area contributed by atoms with Gasteiger partial charge in [-0.2, -0.15) is 5.26 Å². The number of nitriles is 1. The van der Waals surface area contributed by atoms with Gasteiger partial charge in [0.15, 0.2) is 0 Å². The lowest BCUT2D eigenvalue weighted by Gasteiger charge is -2.18. The number of hydrogen-bond acceptors (Lipinski definition) is 6. The zero-order valence-electron chi connectivity index (χ0n) is 19.5. The molecule has 2 amide bonds. The van der Waals surface area contributed by atoms with Crippen LogP contribution < -0.4 is 10.2 Å². The molecule has 1 saturated heterocycles. The Balaban J connectivity index is 1.64. The van der Waals surface area contributed by atoms with Gasteiger partial charge >= 0.3 is 5.97 Å². The standard InChI is InChI=1S/C28H23N3O4S/c1-2-35-28(34)20-13-15-21(16-14-20)30-25(32)23(18-29)27-31(22-11-7-4-8-12-22)26(33)24(36-27)17-19-9-5-3-6-10-19/h3-16,24H,2,17H2,1H3,(H,30,32)/b27-23-/t24-/m0/s1. The molecule has 4 rings (SSSR count). The number of para-hydroxylation sites is 1. The fraction of sp³-hybridized carbons (Fsp3) is 0.143. The molecule has 1 fully saturated rings. The smallest absolute Gasteiger partial charge is 0.338 e. The molecule has 180 valence electrons. The van der Waals surface area contributed by atoms with Crippen molar-refractivity contribution in [1.29, 1.82) is 5.26 Å². The van der Waals surface area contributed by atoms with Crippen LogP contribution in [0.2, 0.25) is 0 Å². The largest absolute Gasteiger partial charge is 0.462 e. The van der Waals surface area contributed by atoms with E-state index in [9.17, 15) is 19.6 Å². The SMILES string of the molecule is CCOC(=O)c1ccc(NC(=O)/C(C#N)=C2\S[C@@H](Cc3ccccc3)C(=O)N2c2ccccc2)cc1. The van der Waals surface area contributed by atoms with Crippen molar-refractivity contribution in [3.63, 3.8) is 0 Å². The summed E-state index contributed by atoms with van der Waals surface area (Å²) in [6, 6.07) is 26.8. The number of nitrogens with one attached hydrogen (secondary N) is 1. The van der Waals surface area contributed by atoms with E-state index in [-0.39, 0.29) is 23.1 Å². The molecule has 0 radical (unpaired) electrons. The van der Waals surface area contributed by atoms with Crippen LogP contribution in [0.4, 0.5) is 11.4 Å². The monoisotopic (exact) mass is 497 g/mol. The third-order valence-electron chi connectivity index (χ3n) is 5.44. The van der Waals surface area contributed by atoms with E-state index in [1.807, 2.05) is 42.5 Å². The van der Waals surface area contributed by atoms with E-state index in [0.29, 0.717) is 23.4 Å². The average Bonchev–Trinajstić information content (AvgIpc) is 3.21. The van der Waals surface area contributed by atoms with E-state index in [1.54, 1.807) is 43.3 Å². The maximum Gasteiger partial charge on any atom is 0.338 e. The third-order valence-corrected chi connectivity index (χ3v) is 6.70. The highest BCUT2D eigenvalue weighted by Crippen LogP contribution is 2.42. The molecule has 7 nitrogen and oxygen atoms in total. The van der Waals surface area contributed by atoms with Crippen LogP contribution >= 0.6 is 11.8 Å². The molecule has 8 heteroatoms. The molecule has 0 spiro atoms. The van der Waals surface area contributed by atoms with E-state index in [2.05, 4.69) is 5.32 Å². The van der Waals surface area contributed by atoms with Crippen LogP contribution in [0.3, 0.4) is 0 Å². The number of amides is 2. The summed E-state index contributed by atoms with van der Waals surface area (Å²) < 4.78 is 4.97. The van der Waals surface area contributed by atoms with Crippen LogP contribution in [0.1, 0.15) is 22.8 Å². The first-order valence-corrected chi connectivity index (χ1v) is 12.2. The summed E-state index contributed by atoms with van der Waals surface area (Å²) in [5, 5.41) is 12.5. The van der Waals surface area contributed by atoms with Gasteiger partial charge < -0.3 is 10.1 Å². The summed E-state index contributed by atoms with van der Waals surface area (Å²) in [7, 11) is 0. The van der Waals surface area contributed by atoms with Crippen LogP contribution in [0.25, 0.3) is 0 Å². The minimum Gasteiger partial charge on any atom is -0.462 e. The van der Waals surface area contributed by atoms with Gasteiger partial charge in [0.05, 0.1) is 17.4 Å². The van der Waals surface area contributed by atoms with E-state index in [4.69, 9.17) is 4.74 Å². The number of esters is 1. The molecule has 3 aromatic rings. The van der Waals surface area contributed by atoms with Gasteiger partial charge in [0, 0.05) is 11.4 Å². The molecular formula is C28H23N3O4S. The number of hydrogen-bond donors (Lipinski definition) is 1. The molecule has 3 aromatic carbocycles. The molecule has 0 aromatic heterocycles. The average molecular weight is 498 g/mol. The molecule has 0 aliphatic carbocycles. The number of rotatable bonds is 7. The van der Waals surface area contributed by atoms with Crippen LogP contribution in [-0.4, -0.2) is 29.6 Å². The van der Waals surface area contributed by atoms with Gasteiger partial charge in [-0.25, -0.2) is 4.79 Å². The summed E-state index contributed by atoms with van der Waals surface area (Å²) in [5.41, 5.74) is 2.16. The van der Waals surface area contributed by atoms with Crippen molar-refractivity contribution in [3.05, 3.63) is 107 Å². The lowest BCUT2D eigenvalue weighted by molar-refractivity contribution is -0.117. The van der Waals surface area contributed by atoms with E-state index in [1.165, 1.54) is 28.8 Å². The molecule has 1 aliphatic heterocycles. The lowest BCUT2D eigenvalue weighted by atomic mass is 10.1. The summed E-state index contributed by atoms with van der Waals surface area (Å²) in [6.07, 6.45) is 0.465. The van der Waals surface area contributed by atoms with E-state index < -0.39 is 17.1 Å². The van der Waals surface area contributed by atoms with Crippen molar-refractivity contribution >= 4 is 40.9 Å². The molecule has 1 heterocycles. The molecule has 36 heavy (non-hydrogen) atoms.